The molecule has 1 amide bonds. The van der Waals surface area contributed by atoms with Gasteiger partial charge in [-0.2, -0.15) is 0 Å². The minimum absolute atomic E-state index is 0.219. The molecule has 3 N–H and O–H groups in total. The number of aryl methyl sites for hydroxylation is 2. The van der Waals surface area contributed by atoms with Crippen LogP contribution in [0.4, 0.5) is 5.82 Å². The van der Waals surface area contributed by atoms with Crippen LogP contribution in [0.5, 0.6) is 0 Å². The number of rotatable bonds is 6. The Morgan fingerprint density at radius 3 is 2.88 bits per heavy atom. The van der Waals surface area contributed by atoms with Gasteiger partial charge in [0.2, 0.25) is 5.91 Å². The maximum absolute atomic E-state index is 11.0. The number of amides is 1. The van der Waals surface area contributed by atoms with E-state index in [1.54, 1.807) is 6.33 Å². The Hall–Kier alpha value is -1.73. The van der Waals surface area contributed by atoms with Crippen molar-refractivity contribution in [2.75, 3.05) is 18.9 Å². The standard InChI is InChI=1S/C19H27N5OS/c1-24(10-9-16(20)25)13-7-5-12(6-8-13)23-18-17-14-3-2-4-15(14)26-19(17)22-11-21-18/h11-13H,2-10H2,1H3,(H2,20,25)(H,21,22,23)/t12-,13-. The lowest BCUT2D eigenvalue weighted by atomic mass is 9.90. The summed E-state index contributed by atoms with van der Waals surface area (Å²) in [6.45, 7) is 0.756. The van der Waals surface area contributed by atoms with E-state index >= 15 is 0 Å². The topological polar surface area (TPSA) is 84.1 Å². The van der Waals surface area contributed by atoms with Crippen molar-refractivity contribution in [2.45, 2.75) is 63.5 Å². The smallest absolute Gasteiger partial charge is 0.218 e. The maximum atomic E-state index is 11.0. The molecule has 0 aromatic carbocycles. The molecule has 26 heavy (non-hydrogen) atoms. The summed E-state index contributed by atoms with van der Waals surface area (Å²) in [6, 6.07) is 1.01. The second kappa shape index (κ2) is 7.48. The van der Waals surface area contributed by atoms with Crippen LogP contribution in [0, 0.1) is 0 Å². The van der Waals surface area contributed by atoms with Crippen molar-refractivity contribution in [3.63, 3.8) is 0 Å². The monoisotopic (exact) mass is 373 g/mol. The number of aromatic nitrogens is 2. The predicted octanol–water partition coefficient (Wildman–Crippen LogP) is 2.71. The summed E-state index contributed by atoms with van der Waals surface area (Å²) in [5.74, 6) is 0.809. The van der Waals surface area contributed by atoms with Gasteiger partial charge in [-0.1, -0.05) is 0 Å². The first-order valence-electron chi connectivity index (χ1n) is 9.62. The molecule has 1 fully saturated rings. The third-order valence-corrected chi connectivity index (χ3v) is 7.07. The third-order valence-electron chi connectivity index (χ3n) is 5.87. The summed E-state index contributed by atoms with van der Waals surface area (Å²) >= 11 is 1.84. The number of hydrogen-bond acceptors (Lipinski definition) is 6. The van der Waals surface area contributed by atoms with Crippen molar-refractivity contribution in [3.8, 4) is 0 Å². The number of hydrogen-bond donors (Lipinski definition) is 2. The zero-order valence-electron chi connectivity index (χ0n) is 15.3. The largest absolute Gasteiger partial charge is 0.370 e. The Morgan fingerprint density at radius 1 is 1.31 bits per heavy atom. The van der Waals surface area contributed by atoms with Crippen molar-refractivity contribution in [1.29, 1.82) is 0 Å². The minimum atomic E-state index is -0.219. The van der Waals surface area contributed by atoms with Crippen LogP contribution in [-0.2, 0) is 17.6 Å². The highest BCUT2D eigenvalue weighted by Gasteiger charge is 2.26. The molecular formula is C19H27N5OS. The quantitative estimate of drug-likeness (QED) is 0.813. The van der Waals surface area contributed by atoms with Crippen LogP contribution in [0.3, 0.4) is 0 Å². The van der Waals surface area contributed by atoms with E-state index in [0.29, 0.717) is 18.5 Å². The number of nitrogens with zero attached hydrogens (tertiary/aromatic N) is 3. The van der Waals surface area contributed by atoms with Crippen LogP contribution in [-0.4, -0.2) is 46.5 Å². The van der Waals surface area contributed by atoms with Gasteiger partial charge < -0.3 is 16.0 Å². The summed E-state index contributed by atoms with van der Waals surface area (Å²) in [7, 11) is 2.10. The second-order valence-corrected chi connectivity index (χ2v) is 8.69. The van der Waals surface area contributed by atoms with E-state index in [2.05, 4.69) is 27.2 Å². The summed E-state index contributed by atoms with van der Waals surface area (Å²) in [4.78, 5) is 25.0. The Morgan fingerprint density at radius 2 is 2.12 bits per heavy atom. The fourth-order valence-corrected chi connectivity index (χ4v) is 5.59. The number of fused-ring (bicyclic) bond motifs is 3. The van der Waals surface area contributed by atoms with Crippen molar-refractivity contribution in [3.05, 3.63) is 16.8 Å². The lowest BCUT2D eigenvalue weighted by Crippen LogP contribution is -2.39. The number of carbonyl (C=O) groups excluding carboxylic acids is 1. The molecule has 1 saturated carbocycles. The van der Waals surface area contributed by atoms with Crippen molar-refractivity contribution >= 4 is 33.3 Å². The van der Waals surface area contributed by atoms with Gasteiger partial charge in [0.15, 0.2) is 0 Å². The molecule has 0 radical (unpaired) electrons. The molecule has 0 saturated heterocycles. The molecule has 0 bridgehead atoms. The highest BCUT2D eigenvalue weighted by Crippen LogP contribution is 2.39. The van der Waals surface area contributed by atoms with Crippen LogP contribution in [0.25, 0.3) is 10.2 Å². The summed E-state index contributed by atoms with van der Waals surface area (Å²) in [6.07, 6.45) is 10.3. The molecule has 2 aliphatic rings. The Kier molecular flexibility index (Phi) is 5.09. The van der Waals surface area contributed by atoms with Crippen LogP contribution < -0.4 is 11.1 Å². The lowest BCUT2D eigenvalue weighted by molar-refractivity contribution is -0.118. The number of thiophene rings is 1. The molecule has 2 aliphatic carbocycles. The minimum Gasteiger partial charge on any atom is -0.370 e. The van der Waals surface area contributed by atoms with Crippen LogP contribution in [0.2, 0.25) is 0 Å². The first-order chi connectivity index (χ1) is 12.6. The van der Waals surface area contributed by atoms with Gasteiger partial charge in [-0.25, -0.2) is 9.97 Å². The number of primary amides is 1. The molecule has 6 nitrogen and oxygen atoms in total. The molecule has 2 heterocycles. The fourth-order valence-electron chi connectivity index (χ4n) is 4.36. The van der Waals surface area contributed by atoms with Crippen LogP contribution >= 0.6 is 11.3 Å². The van der Waals surface area contributed by atoms with E-state index in [1.807, 2.05) is 11.3 Å². The van der Waals surface area contributed by atoms with Gasteiger partial charge in [0, 0.05) is 29.9 Å². The second-order valence-electron chi connectivity index (χ2n) is 7.61. The molecule has 0 aliphatic heterocycles. The maximum Gasteiger partial charge on any atom is 0.218 e. The lowest BCUT2D eigenvalue weighted by Gasteiger charge is -2.35. The van der Waals surface area contributed by atoms with Gasteiger partial charge in [-0.05, 0) is 57.6 Å². The molecule has 2 aromatic rings. The number of nitrogens with two attached hydrogens (primary N) is 1. The van der Waals surface area contributed by atoms with E-state index in [4.69, 9.17) is 5.73 Å². The van der Waals surface area contributed by atoms with Crippen molar-refractivity contribution < 1.29 is 4.79 Å². The number of carbonyl (C=O) groups is 1. The van der Waals surface area contributed by atoms with Gasteiger partial charge in [0.05, 0.1) is 5.39 Å². The zero-order chi connectivity index (χ0) is 18.1. The van der Waals surface area contributed by atoms with Gasteiger partial charge in [-0.3, -0.25) is 4.79 Å². The molecule has 0 atom stereocenters. The highest BCUT2D eigenvalue weighted by atomic mass is 32.1. The van der Waals surface area contributed by atoms with Crippen molar-refractivity contribution in [1.82, 2.24) is 14.9 Å². The van der Waals surface area contributed by atoms with E-state index < -0.39 is 0 Å². The normalized spacial score (nSPS) is 22.7. The molecule has 0 spiro atoms. The van der Waals surface area contributed by atoms with Gasteiger partial charge in [-0.15, -0.1) is 11.3 Å². The van der Waals surface area contributed by atoms with Gasteiger partial charge in [0.25, 0.3) is 0 Å². The van der Waals surface area contributed by atoms with E-state index in [-0.39, 0.29) is 5.91 Å². The number of nitrogens with one attached hydrogen (secondary N) is 1. The first-order valence-corrected chi connectivity index (χ1v) is 10.4. The number of anilines is 1. The van der Waals surface area contributed by atoms with E-state index in [9.17, 15) is 4.79 Å². The fraction of sp³-hybridized carbons (Fsp3) is 0.632. The molecule has 0 unspecified atom stereocenters. The Balaban J connectivity index is 1.39. The van der Waals surface area contributed by atoms with Crippen LogP contribution in [0.1, 0.15) is 49.0 Å². The molecule has 2 aromatic heterocycles. The van der Waals surface area contributed by atoms with Gasteiger partial charge >= 0.3 is 0 Å². The van der Waals surface area contributed by atoms with E-state index in [1.165, 1.54) is 28.7 Å². The highest BCUT2D eigenvalue weighted by molar-refractivity contribution is 7.19. The average molecular weight is 374 g/mol. The predicted molar refractivity (Wildman–Crippen MR) is 106 cm³/mol. The van der Waals surface area contributed by atoms with Crippen molar-refractivity contribution in [2.24, 2.45) is 5.73 Å². The summed E-state index contributed by atoms with van der Waals surface area (Å²) in [5.41, 5.74) is 6.75. The summed E-state index contributed by atoms with van der Waals surface area (Å²) < 4.78 is 0. The van der Waals surface area contributed by atoms with Gasteiger partial charge in [0.1, 0.15) is 17.0 Å². The molecule has 140 valence electrons. The first kappa shape index (κ1) is 17.7. The Labute approximate surface area is 158 Å². The molecular weight excluding hydrogens is 346 g/mol. The Bertz CT molecular complexity index is 797. The zero-order valence-corrected chi connectivity index (χ0v) is 16.1. The summed E-state index contributed by atoms with van der Waals surface area (Å²) in [5, 5.41) is 4.98. The third kappa shape index (κ3) is 3.55. The average Bonchev–Trinajstić information content (AvgIpc) is 3.21. The molecule has 4 rings (SSSR count). The SMILES string of the molecule is CN(CCC(N)=O)[C@H]1CC[C@H](Nc2ncnc3sc4c(c23)CCC4)CC1. The van der Waals surface area contributed by atoms with E-state index in [0.717, 1.165) is 49.3 Å². The molecule has 7 heteroatoms. The van der Waals surface area contributed by atoms with Crippen LogP contribution in [0.15, 0.2) is 6.33 Å².